The summed E-state index contributed by atoms with van der Waals surface area (Å²) < 4.78 is 16.5. The van der Waals surface area contributed by atoms with E-state index in [2.05, 4.69) is 95.0 Å². The highest BCUT2D eigenvalue weighted by Crippen LogP contribution is 2.60. The van der Waals surface area contributed by atoms with Crippen LogP contribution < -0.4 is 5.32 Å². The fourth-order valence-electron chi connectivity index (χ4n) is 12.7. The fraction of sp³-hybridized carbons (Fsp3) is 0.434. The maximum absolute atomic E-state index is 14.7. The molecule has 2 saturated heterocycles. The average molecular weight is 862 g/mol. The zero-order valence-corrected chi connectivity index (χ0v) is 37.9. The molecule has 11 nitrogen and oxygen atoms in total. The topological polar surface area (TPSA) is 115 Å². The van der Waals surface area contributed by atoms with E-state index in [1.54, 1.807) is 13.8 Å². The van der Waals surface area contributed by atoms with Gasteiger partial charge < -0.3 is 33.7 Å². The Kier molecular flexibility index (Phi) is 10.4. The van der Waals surface area contributed by atoms with E-state index >= 15 is 0 Å². The molecule has 0 unspecified atom stereocenters. The SMILES string of the molecule is CCOC(=O)C1=C[C@]2(CC)CCCN(C(C)=O)[C@@H]2n2c1c([C@H]1Cc3ccccc3N[C@@H]1c1c3n(c4ccccc14)[C@H]1N(C(C)=O)CCC[C@@]1(CC)C=C3C(=O)OCC)c1ccccc12. The van der Waals surface area contributed by atoms with Gasteiger partial charge in [0.1, 0.15) is 12.3 Å². The minimum atomic E-state index is -0.505. The summed E-state index contributed by atoms with van der Waals surface area (Å²) in [6.07, 6.45) is 8.96. The number of piperidine rings is 2. The highest BCUT2D eigenvalue weighted by atomic mass is 16.5. The van der Waals surface area contributed by atoms with Crippen molar-refractivity contribution >= 4 is 62.4 Å². The Morgan fingerprint density at radius 2 is 1.11 bits per heavy atom. The van der Waals surface area contributed by atoms with Gasteiger partial charge in [0, 0.05) is 65.7 Å². The van der Waals surface area contributed by atoms with Crippen LogP contribution in [-0.4, -0.2) is 69.0 Å². The number of esters is 2. The van der Waals surface area contributed by atoms with Crippen LogP contribution in [0.2, 0.25) is 0 Å². The van der Waals surface area contributed by atoms with E-state index < -0.39 is 16.9 Å². The Bertz CT molecular complexity index is 2620. The Morgan fingerprint density at radius 3 is 1.61 bits per heavy atom. The fourth-order valence-corrected chi connectivity index (χ4v) is 12.7. The number of fused-ring (bicyclic) bond motifs is 11. The molecule has 0 spiro atoms. The molecule has 11 heteroatoms. The molecule has 5 aliphatic heterocycles. The molecule has 3 aromatic carbocycles. The van der Waals surface area contributed by atoms with Crippen molar-refractivity contribution in [1.29, 1.82) is 0 Å². The number of ether oxygens (including phenoxy) is 2. The Hall–Kier alpha value is -6.10. The lowest BCUT2D eigenvalue weighted by atomic mass is 9.69. The van der Waals surface area contributed by atoms with Gasteiger partial charge in [0.15, 0.2) is 0 Å². The average Bonchev–Trinajstić information content (AvgIpc) is 3.83. The second kappa shape index (κ2) is 15.9. The molecule has 64 heavy (non-hydrogen) atoms. The molecule has 2 fully saturated rings. The largest absolute Gasteiger partial charge is 0.462 e. The molecule has 1 N–H and O–H groups in total. The van der Waals surface area contributed by atoms with Crippen molar-refractivity contribution in [3.05, 3.63) is 113 Å². The standard InChI is InChI=1S/C53H59N5O6/c1-7-52-25-17-27-55(32(5)59)50(52)57-41-23-15-12-20-35(41)43(46(57)38(30-52)48(61)63-9-3)37-29-34-19-11-14-22-40(34)54-45(37)44-36-21-13-16-24-42(36)58-47(44)39(49(62)64-10-4)31-53(8-2)26-18-28-56(33(6)60)51(53)58/h11-16,19-24,30-31,37,45,50-51,54H,7-10,17-18,25-29H2,1-6H3/t37-,45+,50-,51-,52+,53+/m1/s1. The van der Waals surface area contributed by atoms with Crippen molar-refractivity contribution in [2.24, 2.45) is 10.8 Å². The lowest BCUT2D eigenvalue weighted by Crippen LogP contribution is -2.52. The number of aromatic nitrogens is 2. The molecule has 0 bridgehead atoms. The predicted molar refractivity (Wildman–Crippen MR) is 249 cm³/mol. The van der Waals surface area contributed by atoms with Gasteiger partial charge in [-0.3, -0.25) is 9.59 Å². The minimum absolute atomic E-state index is 0.000881. The molecular formula is C53H59N5O6. The van der Waals surface area contributed by atoms with Gasteiger partial charge in [0.2, 0.25) is 11.8 Å². The smallest absolute Gasteiger partial charge is 0.339 e. The molecule has 332 valence electrons. The third kappa shape index (κ3) is 6.05. The van der Waals surface area contributed by atoms with Gasteiger partial charge in [-0.15, -0.1) is 0 Å². The summed E-state index contributed by atoms with van der Waals surface area (Å²) in [7, 11) is 0. The first kappa shape index (κ1) is 41.9. The molecular weight excluding hydrogens is 803 g/mol. The maximum atomic E-state index is 14.7. The Morgan fingerprint density at radius 1 is 0.641 bits per heavy atom. The van der Waals surface area contributed by atoms with Gasteiger partial charge >= 0.3 is 11.9 Å². The van der Waals surface area contributed by atoms with Crippen LogP contribution in [0.5, 0.6) is 0 Å². The summed E-state index contributed by atoms with van der Waals surface area (Å²) in [5.41, 5.74) is 7.53. The summed E-state index contributed by atoms with van der Waals surface area (Å²) in [5, 5.41) is 6.04. The number of rotatable bonds is 8. The first-order valence-corrected chi connectivity index (χ1v) is 23.5. The molecule has 2 aromatic heterocycles. The first-order chi connectivity index (χ1) is 31.0. The number of carbonyl (C=O) groups excluding carboxylic acids is 4. The van der Waals surface area contributed by atoms with Crippen LogP contribution in [0.4, 0.5) is 5.69 Å². The van der Waals surface area contributed by atoms with Crippen LogP contribution in [0.1, 0.15) is 132 Å². The van der Waals surface area contributed by atoms with Crippen LogP contribution in [0.25, 0.3) is 33.0 Å². The number of anilines is 1. The lowest BCUT2D eigenvalue weighted by Gasteiger charge is -2.52. The summed E-state index contributed by atoms with van der Waals surface area (Å²) in [6.45, 7) is 13.0. The second-order valence-corrected chi connectivity index (χ2v) is 18.5. The monoisotopic (exact) mass is 861 g/mol. The van der Waals surface area contributed by atoms with Crippen molar-refractivity contribution in [2.75, 3.05) is 31.6 Å². The Labute approximate surface area is 375 Å². The highest BCUT2D eigenvalue weighted by Gasteiger charge is 2.54. The summed E-state index contributed by atoms with van der Waals surface area (Å²) >= 11 is 0. The normalized spacial score (nSPS) is 25.8. The van der Waals surface area contributed by atoms with E-state index in [4.69, 9.17) is 9.47 Å². The van der Waals surface area contributed by atoms with Crippen molar-refractivity contribution < 1.29 is 28.7 Å². The van der Waals surface area contributed by atoms with E-state index in [1.165, 1.54) is 0 Å². The number of likely N-dealkylation sites (tertiary alicyclic amines) is 2. The van der Waals surface area contributed by atoms with Crippen LogP contribution in [0, 0.1) is 10.8 Å². The third-order valence-electron chi connectivity index (χ3n) is 15.4. The van der Waals surface area contributed by atoms with Gasteiger partial charge in [0.25, 0.3) is 0 Å². The summed E-state index contributed by atoms with van der Waals surface area (Å²) in [4.78, 5) is 60.8. The number of hydrogen-bond donors (Lipinski definition) is 1. The van der Waals surface area contributed by atoms with Gasteiger partial charge in [-0.2, -0.15) is 0 Å². The van der Waals surface area contributed by atoms with Crippen LogP contribution in [0.15, 0.2) is 84.9 Å². The van der Waals surface area contributed by atoms with Crippen molar-refractivity contribution in [2.45, 2.75) is 111 Å². The lowest BCUT2D eigenvalue weighted by molar-refractivity contribution is -0.141. The first-order valence-electron chi connectivity index (χ1n) is 23.5. The molecule has 7 heterocycles. The molecule has 0 radical (unpaired) electrons. The minimum Gasteiger partial charge on any atom is -0.462 e. The number of nitrogens with one attached hydrogen (secondary N) is 1. The van der Waals surface area contributed by atoms with E-state index in [-0.39, 0.29) is 55.2 Å². The summed E-state index contributed by atoms with van der Waals surface area (Å²) in [5.74, 6) is -1.06. The van der Waals surface area contributed by atoms with E-state index in [9.17, 15) is 19.2 Å². The molecule has 5 aromatic rings. The maximum Gasteiger partial charge on any atom is 0.339 e. The zero-order valence-electron chi connectivity index (χ0n) is 37.9. The van der Waals surface area contributed by atoms with E-state index in [0.29, 0.717) is 30.7 Å². The molecule has 0 aliphatic carbocycles. The van der Waals surface area contributed by atoms with Crippen molar-refractivity contribution in [1.82, 2.24) is 18.9 Å². The van der Waals surface area contributed by atoms with Gasteiger partial charge in [-0.1, -0.05) is 80.6 Å². The number of benzene rings is 3. The van der Waals surface area contributed by atoms with Crippen LogP contribution in [-0.2, 0) is 35.1 Å². The second-order valence-electron chi connectivity index (χ2n) is 18.5. The molecule has 2 amide bonds. The van der Waals surface area contributed by atoms with E-state index in [1.807, 2.05) is 41.8 Å². The number of carbonyl (C=O) groups is 4. The number of amides is 2. The van der Waals surface area contributed by atoms with Gasteiger partial charge in [-0.05, 0) is 88.1 Å². The van der Waals surface area contributed by atoms with Crippen LogP contribution in [0.3, 0.4) is 0 Å². The molecule has 10 rings (SSSR count). The van der Waals surface area contributed by atoms with E-state index in [0.717, 1.165) is 94.1 Å². The Balaban J connectivity index is 1.32. The number of hydrogen-bond acceptors (Lipinski definition) is 7. The molecule has 6 atom stereocenters. The summed E-state index contributed by atoms with van der Waals surface area (Å²) in [6, 6.07) is 24.7. The number of para-hydroxylation sites is 3. The number of nitrogens with zero attached hydrogens (tertiary/aromatic N) is 4. The van der Waals surface area contributed by atoms with Crippen LogP contribution >= 0.6 is 0 Å². The zero-order chi connectivity index (χ0) is 44.7. The molecule has 5 aliphatic rings. The van der Waals surface area contributed by atoms with Gasteiger partial charge in [0.05, 0.1) is 52.8 Å². The highest BCUT2D eigenvalue weighted by molar-refractivity contribution is 6.20. The quantitative estimate of drug-likeness (QED) is 0.155. The van der Waals surface area contributed by atoms with Crippen molar-refractivity contribution in [3.63, 3.8) is 0 Å². The van der Waals surface area contributed by atoms with Crippen molar-refractivity contribution in [3.8, 4) is 0 Å². The van der Waals surface area contributed by atoms with Gasteiger partial charge in [-0.25, -0.2) is 9.59 Å². The third-order valence-corrected chi connectivity index (χ3v) is 15.4. The predicted octanol–water partition coefficient (Wildman–Crippen LogP) is 10.1. The molecule has 0 saturated carbocycles.